The summed E-state index contributed by atoms with van der Waals surface area (Å²) in [6.07, 6.45) is 0. The number of hydrogen-bond donors (Lipinski definition) is 0. The Labute approximate surface area is 155 Å². The molecule has 2 rings (SSSR count). The van der Waals surface area contributed by atoms with Gasteiger partial charge in [-0.1, -0.05) is 22.0 Å². The van der Waals surface area contributed by atoms with Gasteiger partial charge in [0.1, 0.15) is 6.54 Å². The normalized spacial score (nSPS) is 11.2. The van der Waals surface area contributed by atoms with E-state index in [-0.39, 0.29) is 4.90 Å². The van der Waals surface area contributed by atoms with Crippen molar-refractivity contribution in [3.63, 3.8) is 0 Å². The third-order valence-electron chi connectivity index (χ3n) is 2.77. The first-order valence-corrected chi connectivity index (χ1v) is 9.72. The summed E-state index contributed by atoms with van der Waals surface area (Å²) in [4.78, 5) is 11.4. The van der Waals surface area contributed by atoms with E-state index in [0.29, 0.717) is 5.69 Å². The largest absolute Gasteiger partial charge is 0.279 e. The van der Waals surface area contributed by atoms with Crippen LogP contribution in [0.4, 0.5) is 5.69 Å². The number of sulfonamides is 1. The van der Waals surface area contributed by atoms with E-state index in [2.05, 4.69) is 38.5 Å². The smallest absolute Gasteiger partial charge is 0.264 e. The Morgan fingerprint density at radius 2 is 1.82 bits per heavy atom. The van der Waals surface area contributed by atoms with E-state index in [9.17, 15) is 13.2 Å². The third-order valence-corrected chi connectivity index (χ3v) is 5.87. The van der Waals surface area contributed by atoms with Crippen LogP contribution in [0.1, 0.15) is 0 Å². The van der Waals surface area contributed by atoms with Crippen LogP contribution in [0.25, 0.3) is 0 Å². The summed E-state index contributed by atoms with van der Waals surface area (Å²) in [5.41, 5.74) is 0.392. The molecule has 0 N–H and O–H groups in total. The minimum Gasteiger partial charge on any atom is -0.279 e. The monoisotopic (exact) mass is 513 g/mol. The highest BCUT2D eigenvalue weighted by Gasteiger charge is 2.26. The molecule has 0 spiro atoms. The van der Waals surface area contributed by atoms with Crippen LogP contribution in [0.15, 0.2) is 57.9 Å². The van der Waals surface area contributed by atoms with Crippen LogP contribution in [-0.2, 0) is 14.8 Å². The Hall–Kier alpha value is -0.640. The highest BCUT2D eigenvalue weighted by molar-refractivity contribution is 14.1. The van der Waals surface area contributed by atoms with E-state index < -0.39 is 21.8 Å². The Bertz CT molecular complexity index is 796. The third kappa shape index (κ3) is 4.21. The van der Waals surface area contributed by atoms with Crippen molar-refractivity contribution in [1.82, 2.24) is 0 Å². The highest BCUT2D eigenvalue weighted by Crippen LogP contribution is 2.26. The molecule has 0 saturated heterocycles. The summed E-state index contributed by atoms with van der Waals surface area (Å²) in [6.45, 7) is -0.431. The van der Waals surface area contributed by atoms with Gasteiger partial charge in [-0.15, -0.1) is 0 Å². The molecule has 0 aromatic heterocycles. The quantitative estimate of drug-likeness (QED) is 0.448. The molecule has 0 bridgehead atoms. The molecular weight excluding hydrogens is 504 g/mol. The summed E-state index contributed by atoms with van der Waals surface area (Å²) < 4.78 is 28.2. The minimum absolute atomic E-state index is 0.0903. The van der Waals surface area contributed by atoms with E-state index in [0.717, 1.165) is 12.3 Å². The molecule has 0 fully saturated rings. The molecule has 0 radical (unpaired) electrons. The van der Waals surface area contributed by atoms with Crippen molar-refractivity contribution < 1.29 is 13.2 Å². The summed E-state index contributed by atoms with van der Waals surface area (Å²) in [7, 11) is -3.88. The first kappa shape index (κ1) is 17.7. The first-order valence-electron chi connectivity index (χ1n) is 6.03. The molecule has 0 saturated carbocycles. The van der Waals surface area contributed by atoms with Crippen LogP contribution in [0.5, 0.6) is 0 Å². The lowest BCUT2D eigenvalue weighted by Crippen LogP contribution is -2.34. The molecule has 116 valence electrons. The number of carbonyl (C=O) groups excluding carboxylic acids is 1. The van der Waals surface area contributed by atoms with Crippen LogP contribution in [0, 0.1) is 3.57 Å². The zero-order valence-corrected chi connectivity index (χ0v) is 16.4. The van der Waals surface area contributed by atoms with Crippen LogP contribution in [0.3, 0.4) is 0 Å². The van der Waals surface area contributed by atoms with Crippen LogP contribution >= 0.6 is 50.1 Å². The van der Waals surface area contributed by atoms with Crippen molar-refractivity contribution in [1.29, 1.82) is 0 Å². The van der Waals surface area contributed by atoms with Gasteiger partial charge in [0.05, 0.1) is 10.6 Å². The van der Waals surface area contributed by atoms with Gasteiger partial charge in [-0.3, -0.25) is 9.10 Å². The lowest BCUT2D eigenvalue weighted by molar-refractivity contribution is -0.110. The Balaban J connectivity index is 2.53. The number of halogens is 3. The number of carbonyl (C=O) groups is 1. The molecular formula is C14H10BrClINO3S. The molecule has 22 heavy (non-hydrogen) atoms. The van der Waals surface area contributed by atoms with Gasteiger partial charge in [-0.25, -0.2) is 8.42 Å². The molecule has 0 aliphatic carbocycles. The molecule has 4 nitrogen and oxygen atoms in total. The van der Waals surface area contributed by atoms with Crippen molar-refractivity contribution in [3.8, 4) is 0 Å². The molecule has 0 atom stereocenters. The molecule has 0 heterocycles. The van der Waals surface area contributed by atoms with E-state index in [1.807, 2.05) is 6.07 Å². The van der Waals surface area contributed by atoms with E-state index >= 15 is 0 Å². The Morgan fingerprint density at radius 1 is 1.18 bits per heavy atom. The van der Waals surface area contributed by atoms with Gasteiger partial charge in [-0.05, 0) is 76.7 Å². The van der Waals surface area contributed by atoms with Gasteiger partial charge >= 0.3 is 0 Å². The number of anilines is 1. The maximum Gasteiger partial charge on any atom is 0.264 e. The predicted octanol–water partition coefficient (Wildman–Crippen LogP) is 4.01. The lowest BCUT2D eigenvalue weighted by Gasteiger charge is -2.23. The first-order chi connectivity index (χ1) is 10.3. The Morgan fingerprint density at radius 3 is 2.36 bits per heavy atom. The second kappa shape index (κ2) is 7.29. The fraction of sp³-hybridized carbons (Fsp3) is 0.0714. The Kier molecular flexibility index (Phi) is 5.87. The second-order valence-corrected chi connectivity index (χ2v) is 8.75. The molecule has 0 aliphatic rings. The molecule has 8 heteroatoms. The highest BCUT2D eigenvalue weighted by atomic mass is 127. The van der Waals surface area contributed by atoms with Crippen molar-refractivity contribution >= 4 is 71.1 Å². The van der Waals surface area contributed by atoms with Gasteiger partial charge in [0.15, 0.2) is 0 Å². The molecule has 2 aromatic rings. The molecule has 2 aromatic carbocycles. The predicted molar refractivity (Wildman–Crippen MR) is 98.7 cm³/mol. The summed E-state index contributed by atoms with van der Waals surface area (Å²) in [6, 6.07) is 13.1. The van der Waals surface area contributed by atoms with Gasteiger partial charge in [0, 0.05) is 8.04 Å². The maximum atomic E-state index is 12.8. The number of rotatable bonds is 5. The standard InChI is InChI=1S/C14H10BrClINO3S/c15-10-4-6-13(7-5-10)22(20,21)18(9-14(16)19)12-3-1-2-11(17)8-12/h1-8H,9H2. The zero-order chi connectivity index (χ0) is 16.3. The molecule has 0 aliphatic heterocycles. The summed E-state index contributed by atoms with van der Waals surface area (Å²) >= 11 is 10.8. The van der Waals surface area contributed by atoms with Gasteiger partial charge in [0.25, 0.3) is 10.0 Å². The van der Waals surface area contributed by atoms with Crippen molar-refractivity contribution in [2.75, 3.05) is 10.8 Å². The fourth-order valence-electron chi connectivity index (χ4n) is 1.79. The van der Waals surface area contributed by atoms with Crippen molar-refractivity contribution in [2.24, 2.45) is 0 Å². The number of hydrogen-bond acceptors (Lipinski definition) is 3. The van der Waals surface area contributed by atoms with Gasteiger partial charge in [-0.2, -0.15) is 0 Å². The van der Waals surface area contributed by atoms with Crippen molar-refractivity contribution in [2.45, 2.75) is 4.90 Å². The summed E-state index contributed by atoms with van der Waals surface area (Å²) in [5.74, 6) is 0. The average molecular weight is 515 g/mol. The van der Waals surface area contributed by atoms with Crippen LogP contribution in [-0.4, -0.2) is 20.2 Å². The van der Waals surface area contributed by atoms with Gasteiger partial charge in [0.2, 0.25) is 5.24 Å². The molecule has 0 unspecified atom stereocenters. The number of benzene rings is 2. The minimum atomic E-state index is -3.88. The average Bonchev–Trinajstić information content (AvgIpc) is 2.45. The van der Waals surface area contributed by atoms with E-state index in [1.165, 1.54) is 12.1 Å². The van der Waals surface area contributed by atoms with Gasteiger partial charge < -0.3 is 0 Å². The topological polar surface area (TPSA) is 54.5 Å². The van der Waals surface area contributed by atoms with Crippen molar-refractivity contribution in [3.05, 3.63) is 56.6 Å². The van der Waals surface area contributed by atoms with Crippen LogP contribution < -0.4 is 4.31 Å². The zero-order valence-electron chi connectivity index (χ0n) is 11.0. The summed E-state index contributed by atoms with van der Waals surface area (Å²) in [5, 5.41) is -0.750. The fourth-order valence-corrected chi connectivity index (χ4v) is 4.19. The lowest BCUT2D eigenvalue weighted by atomic mass is 10.3. The SMILES string of the molecule is O=C(Cl)CN(c1cccc(I)c1)S(=O)(=O)c1ccc(Br)cc1. The van der Waals surface area contributed by atoms with Crippen LogP contribution in [0.2, 0.25) is 0 Å². The van der Waals surface area contributed by atoms with E-state index in [1.54, 1.807) is 30.3 Å². The number of nitrogens with zero attached hydrogens (tertiary/aromatic N) is 1. The second-order valence-electron chi connectivity index (χ2n) is 4.30. The maximum absolute atomic E-state index is 12.8. The molecule has 0 amide bonds. The van der Waals surface area contributed by atoms with E-state index in [4.69, 9.17) is 11.6 Å².